The van der Waals surface area contributed by atoms with Gasteiger partial charge in [-0.05, 0) is 30.7 Å². The van der Waals surface area contributed by atoms with Crippen LogP contribution in [0.4, 0.5) is 0 Å². The molecule has 1 aromatic rings. The van der Waals surface area contributed by atoms with Crippen LogP contribution in [0.1, 0.15) is 6.42 Å². The van der Waals surface area contributed by atoms with Gasteiger partial charge in [0.05, 0.1) is 4.90 Å². The van der Waals surface area contributed by atoms with Crippen LogP contribution in [-0.4, -0.2) is 62.1 Å². The third-order valence-electron chi connectivity index (χ3n) is 3.42. The Morgan fingerprint density at radius 3 is 2.25 bits per heavy atom. The largest absolute Gasteiger partial charge is 0.396 e. The van der Waals surface area contributed by atoms with Crippen LogP contribution in [0.15, 0.2) is 29.2 Å². The second-order valence-corrected chi connectivity index (χ2v) is 7.15. The summed E-state index contributed by atoms with van der Waals surface area (Å²) in [6.45, 7) is 3.35. The van der Waals surface area contributed by atoms with E-state index in [2.05, 4.69) is 4.90 Å². The summed E-state index contributed by atoms with van der Waals surface area (Å²) in [5.74, 6) is 0. The van der Waals surface area contributed by atoms with Gasteiger partial charge in [0, 0.05) is 44.4 Å². The molecule has 1 aliphatic heterocycles. The molecule has 0 amide bonds. The molecular weight excluding hydrogens is 300 g/mol. The Bertz CT molecular complexity index is 525. The Morgan fingerprint density at radius 2 is 1.70 bits per heavy atom. The lowest BCUT2D eigenvalue weighted by molar-refractivity contribution is 0.171. The Balaban J connectivity index is 2.00. The van der Waals surface area contributed by atoms with Crippen molar-refractivity contribution in [3.63, 3.8) is 0 Å². The van der Waals surface area contributed by atoms with Crippen molar-refractivity contribution in [1.82, 2.24) is 9.21 Å². The molecule has 1 heterocycles. The monoisotopic (exact) mass is 318 g/mol. The van der Waals surface area contributed by atoms with Gasteiger partial charge in [0.25, 0.3) is 0 Å². The molecule has 1 fully saturated rings. The molecule has 7 heteroatoms. The summed E-state index contributed by atoms with van der Waals surface area (Å²) >= 11 is 5.78. The standard InChI is InChI=1S/C13H19ClN2O3S/c14-12-2-4-13(5-3-12)20(18,19)16-9-7-15(8-10-16)6-1-11-17/h2-5,17H,1,6-11H2. The van der Waals surface area contributed by atoms with Crippen molar-refractivity contribution < 1.29 is 13.5 Å². The highest BCUT2D eigenvalue weighted by Crippen LogP contribution is 2.19. The second kappa shape index (κ2) is 6.87. The van der Waals surface area contributed by atoms with Gasteiger partial charge in [-0.2, -0.15) is 4.31 Å². The molecule has 5 nitrogen and oxygen atoms in total. The van der Waals surface area contributed by atoms with E-state index in [9.17, 15) is 8.42 Å². The zero-order chi connectivity index (χ0) is 14.6. The molecule has 1 aliphatic rings. The van der Waals surface area contributed by atoms with E-state index in [0.717, 1.165) is 13.0 Å². The minimum atomic E-state index is -3.42. The van der Waals surface area contributed by atoms with Gasteiger partial charge in [-0.15, -0.1) is 0 Å². The van der Waals surface area contributed by atoms with Gasteiger partial charge in [0.2, 0.25) is 10.0 Å². The average Bonchev–Trinajstić information content (AvgIpc) is 2.46. The van der Waals surface area contributed by atoms with E-state index in [-0.39, 0.29) is 11.5 Å². The Morgan fingerprint density at radius 1 is 1.10 bits per heavy atom. The number of rotatable bonds is 5. The molecule has 1 saturated heterocycles. The first kappa shape index (κ1) is 15.7. The van der Waals surface area contributed by atoms with E-state index in [1.165, 1.54) is 16.4 Å². The lowest BCUT2D eigenvalue weighted by Crippen LogP contribution is -2.48. The predicted octanol–water partition coefficient (Wildman–Crippen LogP) is 1.03. The molecule has 0 spiro atoms. The predicted molar refractivity (Wildman–Crippen MR) is 78.4 cm³/mol. The van der Waals surface area contributed by atoms with Gasteiger partial charge >= 0.3 is 0 Å². The van der Waals surface area contributed by atoms with Gasteiger partial charge in [0.1, 0.15) is 0 Å². The molecule has 0 saturated carbocycles. The minimum absolute atomic E-state index is 0.170. The van der Waals surface area contributed by atoms with Crippen LogP contribution in [0.5, 0.6) is 0 Å². The quantitative estimate of drug-likeness (QED) is 0.881. The summed E-state index contributed by atoms with van der Waals surface area (Å²) in [7, 11) is -3.42. The SMILES string of the molecule is O=S(=O)(c1ccc(Cl)cc1)N1CCN(CCCO)CC1. The number of piperazine rings is 1. The van der Waals surface area contributed by atoms with Crippen molar-refractivity contribution in [2.24, 2.45) is 0 Å². The first-order chi connectivity index (χ1) is 9.54. The first-order valence-corrected chi connectivity index (χ1v) is 8.45. The Kier molecular flexibility index (Phi) is 5.40. The number of aliphatic hydroxyl groups is 1. The number of hydrogen-bond acceptors (Lipinski definition) is 4. The fraction of sp³-hybridized carbons (Fsp3) is 0.538. The third kappa shape index (κ3) is 3.71. The smallest absolute Gasteiger partial charge is 0.243 e. The second-order valence-electron chi connectivity index (χ2n) is 4.78. The first-order valence-electron chi connectivity index (χ1n) is 6.63. The molecule has 0 atom stereocenters. The molecule has 112 valence electrons. The highest BCUT2D eigenvalue weighted by molar-refractivity contribution is 7.89. The molecule has 2 rings (SSSR count). The van der Waals surface area contributed by atoms with E-state index in [4.69, 9.17) is 16.7 Å². The van der Waals surface area contributed by atoms with Crippen LogP contribution in [0.3, 0.4) is 0 Å². The highest BCUT2D eigenvalue weighted by atomic mass is 35.5. The molecule has 1 aromatic carbocycles. The molecule has 20 heavy (non-hydrogen) atoms. The summed E-state index contributed by atoms with van der Waals surface area (Å²) < 4.78 is 26.4. The summed E-state index contributed by atoms with van der Waals surface area (Å²) in [5, 5.41) is 9.33. The van der Waals surface area contributed by atoms with Crippen molar-refractivity contribution in [2.45, 2.75) is 11.3 Å². The lowest BCUT2D eigenvalue weighted by atomic mass is 10.3. The van der Waals surface area contributed by atoms with Gasteiger partial charge < -0.3 is 10.0 Å². The van der Waals surface area contributed by atoms with Crippen LogP contribution < -0.4 is 0 Å². The van der Waals surface area contributed by atoms with Crippen molar-refractivity contribution in [3.05, 3.63) is 29.3 Å². The maximum atomic E-state index is 12.4. The number of nitrogens with zero attached hydrogens (tertiary/aromatic N) is 2. The number of halogens is 1. The maximum Gasteiger partial charge on any atom is 0.243 e. The van der Waals surface area contributed by atoms with Gasteiger partial charge in [-0.1, -0.05) is 11.6 Å². The molecule has 0 bridgehead atoms. The Labute approximate surface area is 124 Å². The van der Waals surface area contributed by atoms with Crippen LogP contribution >= 0.6 is 11.6 Å². The van der Waals surface area contributed by atoms with Gasteiger partial charge in [0.15, 0.2) is 0 Å². The average molecular weight is 319 g/mol. The Hall–Kier alpha value is -0.660. The van der Waals surface area contributed by atoms with Crippen LogP contribution in [0, 0.1) is 0 Å². The van der Waals surface area contributed by atoms with E-state index < -0.39 is 10.0 Å². The van der Waals surface area contributed by atoms with E-state index in [1.807, 2.05) is 0 Å². The fourth-order valence-electron chi connectivity index (χ4n) is 2.24. The number of aliphatic hydroxyl groups excluding tert-OH is 1. The van der Waals surface area contributed by atoms with E-state index in [0.29, 0.717) is 31.2 Å². The molecule has 0 aromatic heterocycles. The number of sulfonamides is 1. The van der Waals surface area contributed by atoms with E-state index in [1.54, 1.807) is 12.1 Å². The fourth-order valence-corrected chi connectivity index (χ4v) is 3.79. The maximum absolute atomic E-state index is 12.4. The van der Waals surface area contributed by atoms with Crippen LogP contribution in [0.25, 0.3) is 0 Å². The minimum Gasteiger partial charge on any atom is -0.396 e. The number of hydrogen-bond donors (Lipinski definition) is 1. The zero-order valence-electron chi connectivity index (χ0n) is 11.2. The summed E-state index contributed by atoms with van der Waals surface area (Å²) in [6.07, 6.45) is 0.726. The van der Waals surface area contributed by atoms with Crippen molar-refractivity contribution in [3.8, 4) is 0 Å². The molecule has 0 unspecified atom stereocenters. The van der Waals surface area contributed by atoms with Crippen molar-refractivity contribution in [2.75, 3.05) is 39.3 Å². The topological polar surface area (TPSA) is 60.9 Å². The van der Waals surface area contributed by atoms with E-state index >= 15 is 0 Å². The highest BCUT2D eigenvalue weighted by Gasteiger charge is 2.28. The summed E-state index contributed by atoms with van der Waals surface area (Å²) in [6, 6.07) is 6.25. The summed E-state index contributed by atoms with van der Waals surface area (Å²) in [5.41, 5.74) is 0. The van der Waals surface area contributed by atoms with Crippen LogP contribution in [0.2, 0.25) is 5.02 Å². The molecular formula is C13H19ClN2O3S. The number of benzene rings is 1. The molecule has 1 N–H and O–H groups in total. The molecule has 0 aliphatic carbocycles. The van der Waals surface area contributed by atoms with Gasteiger partial charge in [-0.3, -0.25) is 0 Å². The summed E-state index contributed by atoms with van der Waals surface area (Å²) in [4.78, 5) is 2.45. The third-order valence-corrected chi connectivity index (χ3v) is 5.58. The van der Waals surface area contributed by atoms with Gasteiger partial charge in [-0.25, -0.2) is 8.42 Å². The van der Waals surface area contributed by atoms with Crippen LogP contribution in [-0.2, 0) is 10.0 Å². The van der Waals surface area contributed by atoms with Crippen molar-refractivity contribution in [1.29, 1.82) is 0 Å². The normalized spacial score (nSPS) is 18.3. The lowest BCUT2D eigenvalue weighted by Gasteiger charge is -2.33. The zero-order valence-corrected chi connectivity index (χ0v) is 12.8. The molecule has 0 radical (unpaired) electrons. The van der Waals surface area contributed by atoms with Crippen molar-refractivity contribution >= 4 is 21.6 Å².